The molecule has 0 spiro atoms. The van der Waals surface area contributed by atoms with Gasteiger partial charge in [0.2, 0.25) is 0 Å². The molecule has 0 amide bonds. The molecule has 1 aromatic carbocycles. The highest BCUT2D eigenvalue weighted by atomic mass is 14.5. The van der Waals surface area contributed by atoms with Gasteiger partial charge >= 0.3 is 0 Å². The molecule has 3 rings (SSSR count). The molecule has 0 aromatic heterocycles. The van der Waals surface area contributed by atoms with Gasteiger partial charge in [0.25, 0.3) is 0 Å². The van der Waals surface area contributed by atoms with Crippen molar-refractivity contribution in [2.24, 2.45) is 17.3 Å². The molecule has 0 nitrogen and oxygen atoms in total. The molecule has 0 aliphatic heterocycles. The van der Waals surface area contributed by atoms with Crippen LogP contribution in [0.15, 0.2) is 30.3 Å². The summed E-state index contributed by atoms with van der Waals surface area (Å²) in [5.41, 5.74) is 2.12. The first kappa shape index (κ1) is 10.4. The highest BCUT2D eigenvalue weighted by Crippen LogP contribution is 2.51. The topological polar surface area (TPSA) is 0 Å². The summed E-state index contributed by atoms with van der Waals surface area (Å²) in [4.78, 5) is 0. The van der Waals surface area contributed by atoms with Crippen LogP contribution in [0.3, 0.4) is 0 Å². The van der Waals surface area contributed by atoms with Gasteiger partial charge in [-0.15, -0.1) is 0 Å². The van der Waals surface area contributed by atoms with E-state index in [1.165, 1.54) is 44.1 Å². The molecular weight excluding hydrogens is 192 g/mol. The van der Waals surface area contributed by atoms with Gasteiger partial charge in [-0.2, -0.15) is 0 Å². The van der Waals surface area contributed by atoms with E-state index in [0.29, 0.717) is 5.41 Å². The van der Waals surface area contributed by atoms with E-state index in [9.17, 15) is 0 Å². The van der Waals surface area contributed by atoms with Gasteiger partial charge in [0.15, 0.2) is 0 Å². The normalized spacial score (nSPS) is 37.6. The van der Waals surface area contributed by atoms with Crippen LogP contribution in [0.2, 0.25) is 0 Å². The van der Waals surface area contributed by atoms with Crippen LogP contribution < -0.4 is 0 Å². The zero-order valence-corrected chi connectivity index (χ0v) is 10.3. The Kier molecular flexibility index (Phi) is 2.53. The Balaban J connectivity index is 1.74. The molecule has 0 saturated heterocycles. The summed E-state index contributed by atoms with van der Waals surface area (Å²) in [6, 6.07) is 11.1. The Morgan fingerprint density at radius 2 is 1.69 bits per heavy atom. The van der Waals surface area contributed by atoms with E-state index in [4.69, 9.17) is 0 Å². The molecule has 2 fully saturated rings. The van der Waals surface area contributed by atoms with Crippen LogP contribution in [0.25, 0.3) is 0 Å². The average molecular weight is 214 g/mol. The largest absolute Gasteiger partial charge is 0.0622 e. The van der Waals surface area contributed by atoms with Gasteiger partial charge in [-0.3, -0.25) is 0 Å². The van der Waals surface area contributed by atoms with E-state index in [1.54, 1.807) is 0 Å². The molecule has 16 heavy (non-hydrogen) atoms. The van der Waals surface area contributed by atoms with E-state index in [1.807, 2.05) is 0 Å². The van der Waals surface area contributed by atoms with Crippen LogP contribution in [0.5, 0.6) is 0 Å². The quantitative estimate of drug-likeness (QED) is 0.682. The maximum Gasteiger partial charge on any atom is -0.0224 e. The first-order valence-electron chi connectivity index (χ1n) is 6.77. The summed E-state index contributed by atoms with van der Waals surface area (Å²) in [5, 5.41) is 0. The van der Waals surface area contributed by atoms with Crippen molar-refractivity contribution in [3.8, 4) is 0 Å². The van der Waals surface area contributed by atoms with Gasteiger partial charge in [0.1, 0.15) is 0 Å². The van der Waals surface area contributed by atoms with Gasteiger partial charge in [-0.1, -0.05) is 50.1 Å². The van der Waals surface area contributed by atoms with E-state index in [-0.39, 0.29) is 0 Å². The second kappa shape index (κ2) is 3.91. The summed E-state index contributed by atoms with van der Waals surface area (Å²) in [6.07, 6.45) is 8.78. The molecule has 2 unspecified atom stereocenters. The molecule has 2 aliphatic rings. The van der Waals surface area contributed by atoms with Crippen molar-refractivity contribution in [2.75, 3.05) is 0 Å². The number of rotatable bonds is 2. The minimum Gasteiger partial charge on any atom is -0.0622 e. The molecule has 2 bridgehead atoms. The fourth-order valence-electron chi connectivity index (χ4n) is 4.26. The van der Waals surface area contributed by atoms with E-state index >= 15 is 0 Å². The van der Waals surface area contributed by atoms with Crippen LogP contribution in [0.1, 0.15) is 44.6 Å². The van der Waals surface area contributed by atoms with Crippen LogP contribution in [-0.2, 0) is 6.42 Å². The third-order valence-corrected chi connectivity index (χ3v) is 4.69. The second-order valence-electron chi connectivity index (χ2n) is 6.43. The first-order valence-corrected chi connectivity index (χ1v) is 6.77. The Labute approximate surface area is 99.1 Å². The number of hydrogen-bond acceptors (Lipinski definition) is 0. The van der Waals surface area contributed by atoms with E-state index < -0.39 is 0 Å². The predicted molar refractivity (Wildman–Crippen MR) is 68.3 cm³/mol. The molecule has 2 atom stereocenters. The summed E-state index contributed by atoms with van der Waals surface area (Å²) in [6.45, 7) is 2.52. The number of benzene rings is 1. The minimum atomic E-state index is 0.589. The average Bonchev–Trinajstić information content (AvgIpc) is 2.59. The SMILES string of the molecule is CC1(Cc2ccccc2)CC2CCC(C2)C1. The van der Waals surface area contributed by atoms with Crippen molar-refractivity contribution in [1.82, 2.24) is 0 Å². The molecule has 2 aliphatic carbocycles. The number of hydrogen-bond donors (Lipinski definition) is 0. The van der Waals surface area contributed by atoms with Crippen molar-refractivity contribution in [1.29, 1.82) is 0 Å². The van der Waals surface area contributed by atoms with Gasteiger partial charge in [-0.05, 0) is 48.5 Å². The van der Waals surface area contributed by atoms with Gasteiger partial charge in [-0.25, -0.2) is 0 Å². The highest BCUT2D eigenvalue weighted by molar-refractivity contribution is 5.17. The lowest BCUT2D eigenvalue weighted by atomic mass is 9.67. The molecule has 0 heterocycles. The first-order chi connectivity index (χ1) is 7.73. The maximum absolute atomic E-state index is 2.52. The summed E-state index contributed by atoms with van der Waals surface area (Å²) in [5.74, 6) is 2.10. The Morgan fingerprint density at radius 3 is 2.31 bits per heavy atom. The molecule has 0 N–H and O–H groups in total. The zero-order valence-electron chi connectivity index (χ0n) is 10.3. The fraction of sp³-hybridized carbons (Fsp3) is 0.625. The van der Waals surface area contributed by atoms with E-state index in [2.05, 4.69) is 37.3 Å². The Bertz CT molecular complexity index is 340. The van der Waals surface area contributed by atoms with Crippen molar-refractivity contribution >= 4 is 0 Å². The molecule has 86 valence electrons. The smallest absolute Gasteiger partial charge is 0.0224 e. The molecule has 2 saturated carbocycles. The van der Waals surface area contributed by atoms with Crippen molar-refractivity contribution in [2.45, 2.75) is 45.4 Å². The monoisotopic (exact) mass is 214 g/mol. The summed E-state index contributed by atoms with van der Waals surface area (Å²) in [7, 11) is 0. The second-order valence-corrected chi connectivity index (χ2v) is 6.43. The summed E-state index contributed by atoms with van der Waals surface area (Å²) >= 11 is 0. The minimum absolute atomic E-state index is 0.589. The van der Waals surface area contributed by atoms with Crippen molar-refractivity contribution < 1.29 is 0 Å². The van der Waals surface area contributed by atoms with Crippen LogP contribution >= 0.6 is 0 Å². The molecule has 0 radical (unpaired) electrons. The maximum atomic E-state index is 2.52. The van der Waals surface area contributed by atoms with Crippen LogP contribution in [0, 0.1) is 17.3 Å². The molecular formula is C16H22. The van der Waals surface area contributed by atoms with Crippen LogP contribution in [-0.4, -0.2) is 0 Å². The number of fused-ring (bicyclic) bond motifs is 2. The van der Waals surface area contributed by atoms with Crippen molar-refractivity contribution in [3.63, 3.8) is 0 Å². The molecule has 0 heteroatoms. The fourth-order valence-corrected chi connectivity index (χ4v) is 4.26. The summed E-state index contributed by atoms with van der Waals surface area (Å²) < 4.78 is 0. The zero-order chi connectivity index (χ0) is 11.0. The van der Waals surface area contributed by atoms with Gasteiger partial charge in [0.05, 0.1) is 0 Å². The molecule has 1 aromatic rings. The predicted octanol–water partition coefficient (Wildman–Crippen LogP) is 4.45. The highest BCUT2D eigenvalue weighted by Gasteiger charge is 2.40. The lowest BCUT2D eigenvalue weighted by molar-refractivity contribution is 0.151. The Morgan fingerprint density at radius 1 is 1.06 bits per heavy atom. The van der Waals surface area contributed by atoms with Gasteiger partial charge in [0, 0.05) is 0 Å². The lowest BCUT2D eigenvalue weighted by Gasteiger charge is -2.38. The van der Waals surface area contributed by atoms with Crippen molar-refractivity contribution in [3.05, 3.63) is 35.9 Å². The standard InChI is InChI=1S/C16H22/c1-16(10-13-5-3-2-4-6-13)11-14-7-8-15(9-14)12-16/h2-6,14-15H,7-12H2,1H3. The van der Waals surface area contributed by atoms with E-state index in [0.717, 1.165) is 11.8 Å². The Hall–Kier alpha value is -0.780. The third-order valence-electron chi connectivity index (χ3n) is 4.69. The van der Waals surface area contributed by atoms with Gasteiger partial charge < -0.3 is 0 Å². The third kappa shape index (κ3) is 2.03. The lowest BCUT2D eigenvalue weighted by Crippen LogP contribution is -2.28. The van der Waals surface area contributed by atoms with Crippen LogP contribution in [0.4, 0.5) is 0 Å².